The molecule has 0 unspecified atom stereocenters. The van der Waals surface area contributed by atoms with E-state index in [0.29, 0.717) is 29.4 Å². The van der Waals surface area contributed by atoms with Crippen LogP contribution < -0.4 is 0 Å². The molecule has 0 N–H and O–H groups in total. The Kier molecular flexibility index (Phi) is 5.20. The molecule has 0 aliphatic carbocycles. The number of imide groups is 1. The number of piperazine rings is 1. The zero-order valence-corrected chi connectivity index (χ0v) is 16.5. The third-order valence-electron chi connectivity index (χ3n) is 5.33. The molecule has 2 heterocycles. The molecule has 2 aliphatic rings. The Bertz CT molecular complexity index is 917. The van der Waals surface area contributed by atoms with E-state index in [1.54, 1.807) is 31.3 Å². The van der Waals surface area contributed by atoms with Crippen LogP contribution in [0.5, 0.6) is 0 Å². The van der Waals surface area contributed by atoms with Gasteiger partial charge in [-0.05, 0) is 23.3 Å². The lowest BCUT2D eigenvalue weighted by Gasteiger charge is -2.36. The third-order valence-corrected chi connectivity index (χ3v) is 5.58. The number of amides is 2. The number of carbonyl (C=O) groups excluding carboxylic acids is 2. The Hall–Kier alpha value is -2.63. The number of benzene rings is 2. The first-order valence-electron chi connectivity index (χ1n) is 9.38. The zero-order chi connectivity index (χ0) is 19.7. The van der Waals surface area contributed by atoms with Gasteiger partial charge in [0.2, 0.25) is 0 Å². The highest BCUT2D eigenvalue weighted by atomic mass is 35.5. The summed E-state index contributed by atoms with van der Waals surface area (Å²) in [6, 6.07) is 17.5. The number of hydrogen-bond donors (Lipinski definition) is 0. The van der Waals surface area contributed by atoms with Crippen molar-refractivity contribution < 1.29 is 9.59 Å². The van der Waals surface area contributed by atoms with E-state index in [4.69, 9.17) is 11.6 Å². The molecule has 4 rings (SSSR count). The molecule has 0 radical (unpaired) electrons. The average Bonchev–Trinajstić information content (AvgIpc) is 2.94. The first-order valence-corrected chi connectivity index (χ1v) is 9.76. The fraction of sp³-hybridized carbons (Fsp3) is 0.273. The van der Waals surface area contributed by atoms with Gasteiger partial charge in [0.25, 0.3) is 11.8 Å². The van der Waals surface area contributed by atoms with Gasteiger partial charge in [0.1, 0.15) is 5.70 Å². The van der Waals surface area contributed by atoms with Crippen LogP contribution in [0.1, 0.15) is 11.1 Å². The maximum Gasteiger partial charge on any atom is 0.277 e. The molecular formula is C22H22ClN3O2. The highest BCUT2D eigenvalue weighted by molar-refractivity contribution is 6.35. The SMILES string of the molecule is CN1C(=O)C(c2ccc(Cl)cc2)=C(N2CCN(Cc3ccccc3)CC2)C1=O. The third kappa shape index (κ3) is 3.55. The van der Waals surface area contributed by atoms with E-state index >= 15 is 0 Å². The summed E-state index contributed by atoms with van der Waals surface area (Å²) in [4.78, 5) is 31.2. The standard InChI is InChI=1S/C22H22ClN3O2/c1-24-21(27)19(17-7-9-18(23)10-8-17)20(22(24)28)26-13-11-25(12-14-26)15-16-5-3-2-4-6-16/h2-10H,11-15H2,1H3. The Morgan fingerprint density at radius 1 is 0.857 bits per heavy atom. The van der Waals surface area contributed by atoms with E-state index < -0.39 is 0 Å². The number of halogens is 1. The van der Waals surface area contributed by atoms with Crippen molar-refractivity contribution in [2.45, 2.75) is 6.54 Å². The Morgan fingerprint density at radius 2 is 1.50 bits per heavy atom. The molecule has 0 atom stereocenters. The molecule has 1 saturated heterocycles. The van der Waals surface area contributed by atoms with E-state index in [-0.39, 0.29) is 11.8 Å². The fourth-order valence-corrected chi connectivity index (χ4v) is 3.89. The van der Waals surface area contributed by atoms with E-state index in [1.807, 2.05) is 18.2 Å². The van der Waals surface area contributed by atoms with E-state index in [1.165, 1.54) is 10.5 Å². The maximum absolute atomic E-state index is 12.8. The largest absolute Gasteiger partial charge is 0.364 e. The molecule has 6 heteroatoms. The van der Waals surface area contributed by atoms with Crippen molar-refractivity contribution in [1.82, 2.24) is 14.7 Å². The fourth-order valence-electron chi connectivity index (χ4n) is 3.77. The second-order valence-corrected chi connectivity index (χ2v) is 7.59. The van der Waals surface area contributed by atoms with Crippen LogP contribution >= 0.6 is 11.6 Å². The molecule has 2 aliphatic heterocycles. The quantitative estimate of drug-likeness (QED) is 0.747. The summed E-state index contributed by atoms with van der Waals surface area (Å²) >= 11 is 5.99. The minimum Gasteiger partial charge on any atom is -0.364 e. The predicted molar refractivity (Wildman–Crippen MR) is 109 cm³/mol. The Balaban J connectivity index is 1.55. The Labute approximate surface area is 169 Å². The smallest absolute Gasteiger partial charge is 0.277 e. The minimum atomic E-state index is -0.256. The van der Waals surface area contributed by atoms with Crippen LogP contribution in [0.15, 0.2) is 60.3 Å². The van der Waals surface area contributed by atoms with Crippen LogP contribution in [0.4, 0.5) is 0 Å². The summed E-state index contributed by atoms with van der Waals surface area (Å²) in [5, 5.41) is 0.602. The topological polar surface area (TPSA) is 43.9 Å². The summed E-state index contributed by atoms with van der Waals surface area (Å²) in [7, 11) is 1.54. The zero-order valence-electron chi connectivity index (χ0n) is 15.8. The van der Waals surface area contributed by atoms with Crippen molar-refractivity contribution in [2.24, 2.45) is 0 Å². The van der Waals surface area contributed by atoms with Crippen molar-refractivity contribution >= 4 is 29.0 Å². The molecule has 0 spiro atoms. The van der Waals surface area contributed by atoms with E-state index in [2.05, 4.69) is 21.9 Å². The molecule has 2 aromatic carbocycles. The maximum atomic E-state index is 12.8. The molecule has 2 aromatic rings. The number of carbonyl (C=O) groups is 2. The van der Waals surface area contributed by atoms with Crippen LogP contribution in [-0.4, -0.2) is 59.7 Å². The molecule has 0 bridgehead atoms. The number of nitrogens with zero attached hydrogens (tertiary/aromatic N) is 3. The van der Waals surface area contributed by atoms with Crippen molar-refractivity contribution in [3.05, 3.63) is 76.4 Å². The molecular weight excluding hydrogens is 374 g/mol. The number of likely N-dealkylation sites (N-methyl/N-ethyl adjacent to an activating group) is 1. The van der Waals surface area contributed by atoms with Crippen molar-refractivity contribution in [1.29, 1.82) is 0 Å². The van der Waals surface area contributed by atoms with Gasteiger partial charge in [-0.2, -0.15) is 0 Å². The molecule has 28 heavy (non-hydrogen) atoms. The normalized spacial score (nSPS) is 18.4. The van der Waals surface area contributed by atoms with Crippen LogP contribution in [0, 0.1) is 0 Å². The molecule has 1 fully saturated rings. The van der Waals surface area contributed by atoms with Gasteiger partial charge in [-0.3, -0.25) is 19.4 Å². The highest BCUT2D eigenvalue weighted by Crippen LogP contribution is 2.32. The minimum absolute atomic E-state index is 0.230. The molecule has 144 valence electrons. The Morgan fingerprint density at radius 3 is 2.14 bits per heavy atom. The van der Waals surface area contributed by atoms with Gasteiger partial charge in [0.05, 0.1) is 5.57 Å². The summed E-state index contributed by atoms with van der Waals surface area (Å²) in [5.74, 6) is -0.486. The monoisotopic (exact) mass is 395 g/mol. The molecule has 2 amide bonds. The van der Waals surface area contributed by atoms with Crippen LogP contribution in [-0.2, 0) is 16.1 Å². The van der Waals surface area contributed by atoms with Crippen molar-refractivity contribution in [3.63, 3.8) is 0 Å². The summed E-state index contributed by atoms with van der Waals surface area (Å²) < 4.78 is 0. The first kappa shape index (κ1) is 18.7. The van der Waals surface area contributed by atoms with Gasteiger partial charge in [-0.1, -0.05) is 54.1 Å². The number of hydrogen-bond acceptors (Lipinski definition) is 4. The summed E-state index contributed by atoms with van der Waals surface area (Å²) in [5.41, 5.74) is 2.99. The van der Waals surface area contributed by atoms with Gasteiger partial charge in [-0.15, -0.1) is 0 Å². The lowest BCUT2D eigenvalue weighted by atomic mass is 10.0. The average molecular weight is 396 g/mol. The predicted octanol–water partition coefficient (Wildman–Crippen LogP) is 2.87. The number of rotatable bonds is 4. The summed E-state index contributed by atoms with van der Waals surface area (Å²) in [6.45, 7) is 4.01. The highest BCUT2D eigenvalue weighted by Gasteiger charge is 2.40. The second kappa shape index (κ2) is 7.78. The lowest BCUT2D eigenvalue weighted by molar-refractivity contribution is -0.136. The summed E-state index contributed by atoms with van der Waals surface area (Å²) in [6.07, 6.45) is 0. The molecule has 0 aromatic heterocycles. The second-order valence-electron chi connectivity index (χ2n) is 7.15. The van der Waals surface area contributed by atoms with Gasteiger partial charge >= 0.3 is 0 Å². The molecule has 5 nitrogen and oxygen atoms in total. The van der Waals surface area contributed by atoms with Gasteiger partial charge in [0, 0.05) is 44.8 Å². The van der Waals surface area contributed by atoms with Gasteiger partial charge in [-0.25, -0.2) is 0 Å². The van der Waals surface area contributed by atoms with E-state index in [9.17, 15) is 9.59 Å². The van der Waals surface area contributed by atoms with Gasteiger partial charge in [0.15, 0.2) is 0 Å². The van der Waals surface area contributed by atoms with Crippen molar-refractivity contribution in [2.75, 3.05) is 33.2 Å². The van der Waals surface area contributed by atoms with E-state index in [0.717, 1.165) is 25.2 Å². The lowest BCUT2D eigenvalue weighted by Crippen LogP contribution is -2.46. The van der Waals surface area contributed by atoms with Crippen LogP contribution in [0.3, 0.4) is 0 Å². The van der Waals surface area contributed by atoms with Crippen LogP contribution in [0.2, 0.25) is 5.02 Å². The van der Waals surface area contributed by atoms with Gasteiger partial charge < -0.3 is 4.90 Å². The van der Waals surface area contributed by atoms with Crippen LogP contribution in [0.25, 0.3) is 5.57 Å². The first-order chi connectivity index (χ1) is 13.5. The molecule has 0 saturated carbocycles. The van der Waals surface area contributed by atoms with Crippen molar-refractivity contribution in [3.8, 4) is 0 Å².